The van der Waals surface area contributed by atoms with Gasteiger partial charge in [-0.25, -0.2) is 0 Å². The number of likely N-dealkylation sites (N-methyl/N-ethyl adjacent to an activating group) is 1. The third kappa shape index (κ3) is 8.70. The summed E-state index contributed by atoms with van der Waals surface area (Å²) in [6.45, 7) is 3.31. The van der Waals surface area contributed by atoms with Crippen LogP contribution in [-0.4, -0.2) is 47.8 Å². The molecule has 0 bridgehead atoms. The lowest BCUT2D eigenvalue weighted by Gasteiger charge is -2.19. The smallest absolute Gasteiger partial charge is 0.289 e. The lowest BCUT2D eigenvalue weighted by molar-refractivity contribution is -0.128. The zero-order valence-corrected chi connectivity index (χ0v) is 19.3. The first-order valence-electron chi connectivity index (χ1n) is 11.2. The molecule has 2 rings (SSSR count). The van der Waals surface area contributed by atoms with Gasteiger partial charge in [-0.15, -0.1) is 0 Å². The van der Waals surface area contributed by atoms with Crippen molar-refractivity contribution in [1.82, 2.24) is 10.2 Å². The van der Waals surface area contributed by atoms with Gasteiger partial charge in [-0.2, -0.15) is 5.26 Å². The van der Waals surface area contributed by atoms with Crippen molar-refractivity contribution in [3.05, 3.63) is 77.1 Å². The number of hydrogen-bond donors (Lipinski definition) is 3. The normalized spacial score (nSPS) is 12.2. The van der Waals surface area contributed by atoms with E-state index < -0.39 is 0 Å². The highest BCUT2D eigenvalue weighted by Crippen LogP contribution is 2.17. The second-order valence-electron chi connectivity index (χ2n) is 7.85. The molecule has 1 atom stereocenters. The van der Waals surface area contributed by atoms with E-state index in [0.29, 0.717) is 17.9 Å². The number of carbonyl (C=O) groups is 1. The lowest BCUT2D eigenvalue weighted by atomic mass is 10.1. The molecule has 0 unspecified atom stereocenters. The Morgan fingerprint density at radius 3 is 2.42 bits per heavy atom. The second-order valence-corrected chi connectivity index (χ2v) is 7.85. The van der Waals surface area contributed by atoms with E-state index in [-0.39, 0.29) is 30.9 Å². The number of aliphatic hydroxyl groups excluding tert-OH is 2. The summed E-state index contributed by atoms with van der Waals surface area (Å²) >= 11 is 0. The molecule has 0 aliphatic rings. The van der Waals surface area contributed by atoms with E-state index in [1.165, 1.54) is 11.6 Å². The van der Waals surface area contributed by atoms with Crippen molar-refractivity contribution < 1.29 is 19.7 Å². The molecular formula is C26H33N3O4. The van der Waals surface area contributed by atoms with Gasteiger partial charge in [0.2, 0.25) is 0 Å². The maximum absolute atomic E-state index is 12.7. The number of nitrogens with one attached hydrogen (secondary N) is 1. The Morgan fingerprint density at radius 2 is 1.82 bits per heavy atom. The summed E-state index contributed by atoms with van der Waals surface area (Å²) in [5.74, 6) is 0.195. The fraction of sp³-hybridized carbons (Fsp3) is 0.385. The van der Waals surface area contributed by atoms with E-state index in [2.05, 4.69) is 12.2 Å². The van der Waals surface area contributed by atoms with Gasteiger partial charge in [-0.3, -0.25) is 4.79 Å². The first kappa shape index (κ1) is 26.1. The summed E-state index contributed by atoms with van der Waals surface area (Å²) in [5.41, 5.74) is 2.59. The Hall–Kier alpha value is -3.18. The quantitative estimate of drug-likeness (QED) is 0.245. The second kappa shape index (κ2) is 14.1. The molecule has 0 saturated carbocycles. The topological polar surface area (TPSA) is 106 Å². The Kier molecular flexibility index (Phi) is 11.1. The molecule has 0 radical (unpaired) electrons. The molecular weight excluding hydrogens is 418 g/mol. The number of unbranched alkanes of at least 4 members (excludes halogenated alkanes) is 2. The number of nitriles is 1. The Labute approximate surface area is 195 Å². The maximum Gasteiger partial charge on any atom is 0.289 e. The number of aliphatic hydroxyl groups is 2. The number of ether oxygens (including phenoxy) is 1. The van der Waals surface area contributed by atoms with Crippen molar-refractivity contribution >= 4 is 5.91 Å². The van der Waals surface area contributed by atoms with Gasteiger partial charge in [-0.05, 0) is 67.8 Å². The zero-order chi connectivity index (χ0) is 24.1. The van der Waals surface area contributed by atoms with E-state index in [9.17, 15) is 9.90 Å². The van der Waals surface area contributed by atoms with Crippen LogP contribution in [0.2, 0.25) is 0 Å². The summed E-state index contributed by atoms with van der Waals surface area (Å²) in [5, 5.41) is 30.8. The number of rotatable bonds is 13. The fourth-order valence-corrected chi connectivity index (χ4v) is 3.27. The number of amides is 1. The van der Waals surface area contributed by atoms with Crippen LogP contribution < -0.4 is 10.1 Å². The van der Waals surface area contributed by atoms with Gasteiger partial charge in [0.05, 0.1) is 24.8 Å². The number of nitrogens with zero attached hydrogens (tertiary/aromatic N) is 2. The molecule has 176 valence electrons. The fourth-order valence-electron chi connectivity index (χ4n) is 3.27. The third-order valence-corrected chi connectivity index (χ3v) is 5.33. The minimum atomic E-state index is -0.308. The molecule has 2 aromatic carbocycles. The van der Waals surface area contributed by atoms with Crippen LogP contribution in [0.3, 0.4) is 0 Å². The molecule has 7 nitrogen and oxygen atoms in total. The van der Waals surface area contributed by atoms with Gasteiger partial charge in [0.25, 0.3) is 5.91 Å². The van der Waals surface area contributed by atoms with Gasteiger partial charge < -0.3 is 25.2 Å². The van der Waals surface area contributed by atoms with Crippen molar-refractivity contribution in [1.29, 1.82) is 5.26 Å². The maximum atomic E-state index is 12.7. The molecule has 2 aromatic rings. The summed E-state index contributed by atoms with van der Waals surface area (Å²) in [6, 6.07) is 16.6. The standard InChI is InChI=1S/C26H33N3O4/c1-20(23-10-6-22(19-31)7-11-23)28-15-4-3-5-16-29(2)26(32)25(14-17-30)33-24-12-8-21(18-27)9-13-24/h6-14,20,28,30-31H,3-5,15-17,19H2,1-2H3/b25-14+/t20-/m0/s1. The number of benzene rings is 2. The molecule has 0 aromatic heterocycles. The lowest BCUT2D eigenvalue weighted by Crippen LogP contribution is -2.31. The van der Waals surface area contributed by atoms with E-state index in [4.69, 9.17) is 15.1 Å². The highest BCUT2D eigenvalue weighted by molar-refractivity contribution is 5.91. The van der Waals surface area contributed by atoms with Crippen LogP contribution in [0.4, 0.5) is 0 Å². The molecule has 0 spiro atoms. The number of carbonyl (C=O) groups excluding carboxylic acids is 1. The molecule has 7 heteroatoms. The third-order valence-electron chi connectivity index (χ3n) is 5.33. The predicted octanol–water partition coefficient (Wildman–Crippen LogP) is 3.29. The largest absolute Gasteiger partial charge is 0.452 e. The SMILES string of the molecule is C[C@H](NCCCCCN(C)C(=O)/C(=C\CO)Oc1ccc(C#N)cc1)c1ccc(CO)cc1. The highest BCUT2D eigenvalue weighted by atomic mass is 16.5. The average molecular weight is 452 g/mol. The van der Waals surface area contributed by atoms with Crippen molar-refractivity contribution in [2.45, 2.75) is 38.8 Å². The van der Waals surface area contributed by atoms with Crippen molar-refractivity contribution in [2.24, 2.45) is 0 Å². The molecule has 1 amide bonds. The predicted molar refractivity (Wildman–Crippen MR) is 127 cm³/mol. The Balaban J connectivity index is 1.72. The molecule has 33 heavy (non-hydrogen) atoms. The summed E-state index contributed by atoms with van der Waals surface area (Å²) < 4.78 is 5.64. The minimum absolute atomic E-state index is 0.0535. The van der Waals surface area contributed by atoms with Gasteiger partial charge in [0.1, 0.15) is 5.75 Å². The minimum Gasteiger partial charge on any atom is -0.452 e. The summed E-state index contributed by atoms with van der Waals surface area (Å²) in [4.78, 5) is 14.3. The van der Waals surface area contributed by atoms with Crippen molar-refractivity contribution in [2.75, 3.05) is 26.7 Å². The van der Waals surface area contributed by atoms with E-state index in [0.717, 1.165) is 31.4 Å². The number of hydrogen-bond acceptors (Lipinski definition) is 6. The van der Waals surface area contributed by atoms with E-state index in [1.54, 1.807) is 36.2 Å². The Morgan fingerprint density at radius 1 is 1.12 bits per heavy atom. The van der Waals surface area contributed by atoms with Crippen molar-refractivity contribution in [3.8, 4) is 11.8 Å². The van der Waals surface area contributed by atoms with Crippen LogP contribution >= 0.6 is 0 Å². The monoisotopic (exact) mass is 451 g/mol. The molecule has 0 saturated heterocycles. The molecule has 0 heterocycles. The first-order valence-corrected chi connectivity index (χ1v) is 11.2. The molecule has 0 aliphatic carbocycles. The van der Waals surface area contributed by atoms with E-state index in [1.807, 2.05) is 30.3 Å². The van der Waals surface area contributed by atoms with Gasteiger partial charge in [-0.1, -0.05) is 30.7 Å². The summed E-state index contributed by atoms with van der Waals surface area (Å²) in [7, 11) is 1.71. The van der Waals surface area contributed by atoms with Crippen LogP contribution in [-0.2, 0) is 11.4 Å². The van der Waals surface area contributed by atoms with Gasteiger partial charge in [0, 0.05) is 19.6 Å². The van der Waals surface area contributed by atoms with Crippen LogP contribution in [0, 0.1) is 11.3 Å². The highest BCUT2D eigenvalue weighted by Gasteiger charge is 2.17. The van der Waals surface area contributed by atoms with Crippen LogP contribution in [0.1, 0.15) is 48.9 Å². The van der Waals surface area contributed by atoms with Crippen molar-refractivity contribution in [3.63, 3.8) is 0 Å². The summed E-state index contributed by atoms with van der Waals surface area (Å²) in [6.07, 6.45) is 4.15. The molecule has 0 aliphatic heterocycles. The van der Waals surface area contributed by atoms with Gasteiger partial charge >= 0.3 is 0 Å². The first-order chi connectivity index (χ1) is 16.0. The zero-order valence-electron chi connectivity index (χ0n) is 19.3. The molecule has 3 N–H and O–H groups in total. The van der Waals surface area contributed by atoms with E-state index >= 15 is 0 Å². The molecule has 0 fully saturated rings. The average Bonchev–Trinajstić information content (AvgIpc) is 2.85. The van der Waals surface area contributed by atoms with Crippen LogP contribution in [0.5, 0.6) is 5.75 Å². The van der Waals surface area contributed by atoms with Crippen LogP contribution in [0.25, 0.3) is 0 Å². The van der Waals surface area contributed by atoms with Crippen LogP contribution in [0.15, 0.2) is 60.4 Å². The Bertz CT molecular complexity index is 934. The van der Waals surface area contributed by atoms with Gasteiger partial charge in [0.15, 0.2) is 5.76 Å².